The first-order chi connectivity index (χ1) is 6.88. The van der Waals surface area contributed by atoms with Gasteiger partial charge in [0.1, 0.15) is 12.2 Å². The summed E-state index contributed by atoms with van der Waals surface area (Å²) in [4.78, 5) is 19.3. The van der Waals surface area contributed by atoms with E-state index in [9.17, 15) is 19.8 Å². The Hall–Kier alpha value is 1.30. The van der Waals surface area contributed by atoms with Crippen molar-refractivity contribution in [2.45, 2.75) is 26.1 Å². The summed E-state index contributed by atoms with van der Waals surface area (Å²) in [5.41, 5.74) is 0. The number of aliphatic hydroxyl groups excluding tert-OH is 2. The van der Waals surface area contributed by atoms with Gasteiger partial charge in [0.2, 0.25) is 0 Å². The van der Waals surface area contributed by atoms with Crippen molar-refractivity contribution in [3.05, 3.63) is 0 Å². The van der Waals surface area contributed by atoms with E-state index in [1.807, 2.05) is 13.8 Å². The van der Waals surface area contributed by atoms with Crippen molar-refractivity contribution in [1.29, 1.82) is 0 Å². The predicted molar refractivity (Wildman–Crippen MR) is 58.6 cm³/mol. The van der Waals surface area contributed by atoms with Crippen molar-refractivity contribution in [3.8, 4) is 0 Å². The third kappa shape index (κ3) is 33.9. The molecule has 0 saturated carbocycles. The van der Waals surface area contributed by atoms with Crippen LogP contribution >= 0.6 is 0 Å². The summed E-state index contributed by atoms with van der Waals surface area (Å²) in [7, 11) is 0. The SMILES string of the molecule is CCOCC.O.O.O.O.O=C([O-])C(O)C(O)C(=O)[O-].[K+].[Na+]. The summed E-state index contributed by atoms with van der Waals surface area (Å²) in [5.74, 6) is -4.12. The van der Waals surface area contributed by atoms with Crippen LogP contribution in [-0.4, -0.2) is 69.5 Å². The van der Waals surface area contributed by atoms with Gasteiger partial charge in [-0.15, -0.1) is 0 Å². The molecule has 2 atom stereocenters. The van der Waals surface area contributed by atoms with Crippen molar-refractivity contribution in [2.75, 3.05) is 13.2 Å². The van der Waals surface area contributed by atoms with Gasteiger partial charge in [0, 0.05) is 13.2 Å². The number of aliphatic hydroxyl groups is 2. The van der Waals surface area contributed by atoms with Crippen LogP contribution in [0.1, 0.15) is 13.8 Å². The Morgan fingerprint density at radius 3 is 1.14 bits per heavy atom. The van der Waals surface area contributed by atoms with Crippen LogP contribution in [0, 0.1) is 0 Å². The fraction of sp³-hybridized carbons (Fsp3) is 0.750. The number of carboxylic acids is 2. The second-order valence-corrected chi connectivity index (χ2v) is 2.31. The van der Waals surface area contributed by atoms with Crippen LogP contribution in [0.15, 0.2) is 0 Å². The molecule has 0 aliphatic rings. The first-order valence-corrected chi connectivity index (χ1v) is 4.24. The molecule has 0 heterocycles. The van der Waals surface area contributed by atoms with Crippen LogP contribution in [0.4, 0.5) is 0 Å². The number of rotatable bonds is 5. The van der Waals surface area contributed by atoms with Gasteiger partial charge in [-0.05, 0) is 13.8 Å². The largest absolute Gasteiger partial charge is 1.00 e. The van der Waals surface area contributed by atoms with Gasteiger partial charge in [-0.2, -0.15) is 0 Å². The standard InChI is InChI=1S/C4H6O6.C4H10O.K.Na.4H2O/c5-1(3(7)8)2(6)4(9)10;1-3-5-4-2;;;;;;/h1-2,5-6H,(H,7,8)(H,9,10);3-4H2,1-2H3;;;4*1H2/q;;2*+1;;;;/p-2. The maximum absolute atomic E-state index is 9.63. The van der Waals surface area contributed by atoms with E-state index in [0.29, 0.717) is 0 Å². The number of hydrogen-bond acceptors (Lipinski definition) is 7. The quantitative estimate of drug-likeness (QED) is 0.449. The smallest absolute Gasteiger partial charge is 0.547 e. The van der Waals surface area contributed by atoms with Crippen molar-refractivity contribution in [1.82, 2.24) is 0 Å². The van der Waals surface area contributed by atoms with Gasteiger partial charge in [0.25, 0.3) is 0 Å². The molecule has 13 heteroatoms. The zero-order chi connectivity index (χ0) is 12.4. The second-order valence-electron chi connectivity index (χ2n) is 2.31. The third-order valence-electron chi connectivity index (χ3n) is 1.19. The Morgan fingerprint density at radius 1 is 0.905 bits per heavy atom. The molecular weight excluding hydrogens is 334 g/mol. The molecule has 2 unspecified atom stereocenters. The molecule has 0 amide bonds. The van der Waals surface area contributed by atoms with E-state index in [-0.39, 0.29) is 103 Å². The number of carbonyl (C=O) groups excluding carboxylic acids is 2. The van der Waals surface area contributed by atoms with Crippen LogP contribution in [-0.2, 0) is 14.3 Å². The Bertz CT molecular complexity index is 187. The fourth-order valence-electron chi connectivity index (χ4n) is 0.462. The van der Waals surface area contributed by atoms with E-state index in [0.717, 1.165) is 13.2 Å². The van der Waals surface area contributed by atoms with Gasteiger partial charge < -0.3 is 56.7 Å². The topological polar surface area (TPSA) is 256 Å². The van der Waals surface area contributed by atoms with Crippen LogP contribution in [0.2, 0.25) is 0 Å². The number of aliphatic carboxylic acids is 2. The molecule has 0 aliphatic heterocycles. The zero-order valence-corrected chi connectivity index (χ0v) is 17.6. The maximum Gasteiger partial charge on any atom is 1.00 e. The maximum atomic E-state index is 9.63. The predicted octanol–water partition coefficient (Wildman–Crippen LogP) is -13.0. The third-order valence-corrected chi connectivity index (χ3v) is 1.19. The molecule has 10 N–H and O–H groups in total. The minimum Gasteiger partial charge on any atom is -0.547 e. The zero-order valence-electron chi connectivity index (χ0n) is 12.5. The first kappa shape index (κ1) is 49.5. The molecule has 0 fully saturated rings. The van der Waals surface area contributed by atoms with Crippen LogP contribution in [0.25, 0.3) is 0 Å². The minimum atomic E-state index is -2.44. The number of carbonyl (C=O) groups is 2. The molecule has 0 bridgehead atoms. The summed E-state index contributed by atoms with van der Waals surface area (Å²) >= 11 is 0. The van der Waals surface area contributed by atoms with Crippen molar-refractivity contribution in [3.63, 3.8) is 0 Å². The summed E-state index contributed by atoms with van der Waals surface area (Å²) < 4.78 is 4.83. The van der Waals surface area contributed by atoms with Gasteiger partial charge in [-0.25, -0.2) is 0 Å². The molecule has 0 spiro atoms. The Kier molecular flexibility index (Phi) is 77.8. The summed E-state index contributed by atoms with van der Waals surface area (Å²) in [5, 5.41) is 35.7. The normalized spacial score (nSPS) is 9.52. The molecule has 0 aliphatic carbocycles. The molecule has 0 rings (SSSR count). The monoisotopic (exact) mass is 356 g/mol. The number of ether oxygens (including phenoxy) is 1. The molecule has 0 aromatic carbocycles. The van der Waals surface area contributed by atoms with Crippen LogP contribution in [0.5, 0.6) is 0 Å². The van der Waals surface area contributed by atoms with E-state index in [1.165, 1.54) is 0 Å². The van der Waals surface area contributed by atoms with E-state index >= 15 is 0 Å². The average Bonchev–Trinajstić information content (AvgIpc) is 2.17. The van der Waals surface area contributed by atoms with Gasteiger partial charge in [-0.3, -0.25) is 0 Å². The van der Waals surface area contributed by atoms with Crippen molar-refractivity contribution >= 4 is 11.9 Å². The molecule has 21 heavy (non-hydrogen) atoms. The summed E-state index contributed by atoms with van der Waals surface area (Å²) in [6.45, 7) is 5.67. The second kappa shape index (κ2) is 33.0. The summed E-state index contributed by atoms with van der Waals surface area (Å²) in [6.07, 6.45) is -4.88. The first-order valence-electron chi connectivity index (χ1n) is 4.24. The van der Waals surface area contributed by atoms with E-state index < -0.39 is 24.1 Å². The molecule has 122 valence electrons. The van der Waals surface area contributed by atoms with Gasteiger partial charge in [0.05, 0.1) is 11.9 Å². The molecule has 0 aromatic rings. The summed E-state index contributed by atoms with van der Waals surface area (Å²) in [6, 6.07) is 0. The van der Waals surface area contributed by atoms with Gasteiger partial charge in [-0.1, -0.05) is 0 Å². The minimum absolute atomic E-state index is 0. The fourth-order valence-corrected chi connectivity index (χ4v) is 0.462. The molecule has 11 nitrogen and oxygen atoms in total. The molecule has 0 saturated heterocycles. The van der Waals surface area contributed by atoms with E-state index in [4.69, 9.17) is 14.9 Å². The Morgan fingerprint density at radius 2 is 1.10 bits per heavy atom. The average molecular weight is 356 g/mol. The van der Waals surface area contributed by atoms with E-state index in [2.05, 4.69) is 0 Å². The number of hydrogen-bond donors (Lipinski definition) is 2. The Labute approximate surface area is 186 Å². The van der Waals surface area contributed by atoms with E-state index in [1.54, 1.807) is 0 Å². The molecular formula is C8H22KNaO11. The molecule has 0 radical (unpaired) electrons. The number of carboxylic acid groups (broad SMARTS) is 2. The van der Waals surface area contributed by atoms with Gasteiger partial charge >= 0.3 is 80.9 Å². The van der Waals surface area contributed by atoms with Crippen molar-refractivity contribution in [2.24, 2.45) is 0 Å². The van der Waals surface area contributed by atoms with Crippen molar-refractivity contribution < 1.29 is 138 Å². The Balaban J connectivity index is -0.0000000231. The molecule has 0 aromatic heterocycles. The van der Waals surface area contributed by atoms with Crippen LogP contribution in [0.3, 0.4) is 0 Å². The van der Waals surface area contributed by atoms with Gasteiger partial charge in [0.15, 0.2) is 0 Å². The van der Waals surface area contributed by atoms with Crippen LogP contribution < -0.4 is 91.2 Å².